The lowest BCUT2D eigenvalue weighted by Gasteiger charge is -2.72. The first-order valence-corrected chi connectivity index (χ1v) is 39.7. The molecule has 35 heteroatoms. The molecule has 1 amide bonds. The first kappa shape index (κ1) is 88.5. The number of carboxylic acids is 2. The summed E-state index contributed by atoms with van der Waals surface area (Å²) in [4.78, 5) is 52.1. The number of hydrogen-bond acceptors (Lipinski definition) is 32. The Hall–Kier alpha value is -3.30. The number of fused-ring (bicyclic) bond motifs is 7. The maximum absolute atomic E-state index is 14.3. The van der Waals surface area contributed by atoms with E-state index in [1.165, 1.54) is 6.92 Å². The summed E-state index contributed by atoms with van der Waals surface area (Å²) in [6.45, 7) is 11.3. The second kappa shape index (κ2) is 35.7. The lowest BCUT2D eigenvalue weighted by Crippen LogP contribution is -2.69. The van der Waals surface area contributed by atoms with Crippen LogP contribution < -0.4 is 5.32 Å². The molecule has 35 nitrogen and oxygen atoms in total. The van der Waals surface area contributed by atoms with Gasteiger partial charge in [0.2, 0.25) is 5.91 Å². The van der Waals surface area contributed by atoms with E-state index < -0.39 is 261 Å². The summed E-state index contributed by atoms with van der Waals surface area (Å²) < 4.78 is 73.9. The highest BCUT2D eigenvalue weighted by atomic mass is 16.8. The van der Waals surface area contributed by atoms with Crippen LogP contribution in [0.1, 0.15) is 170 Å². The predicted molar refractivity (Wildman–Crippen MR) is 377 cm³/mol. The summed E-state index contributed by atoms with van der Waals surface area (Å²) in [5, 5.41) is 201. The summed E-state index contributed by atoms with van der Waals surface area (Å²) in [7, 11) is 0. The zero-order valence-corrected chi connectivity index (χ0v) is 64.3. The lowest BCUT2D eigenvalue weighted by atomic mass is 9.33. The molecule has 0 radical (unpaired) electrons. The Morgan fingerprint density at radius 3 is 1.69 bits per heavy atom. The number of aldehydes is 1. The largest absolute Gasteiger partial charge is 0.481 e. The standard InChI is InChI=1S/C76H123NO34/c1-34-59(107-65-54(93)48(87)37(81)30-100-65)53(92)57(96)67(103-34)110-62-51(90)47(77-45(84)16-14-12-10-8-9-11-13-15-17-46(85)86)39(28-78)104-69(62)102-33-76-25-24-71(2,3)26-36(76)35-18-19-42-72(4)22-21-44(73(5,32-80)41(72)20-23-74(42,6)75(35,7)27-43(76)83)106-70-63(111-68-56(95)52(91)50(89)40(29-79)105-68)60(58(97)61(109-70)64(98)99)108-66-55(94)49(88)38(82)31-101-66/h18,32,34,36-44,47-63,65-70,78-79,81-83,87-97H,8-17,19-31,33H2,1-7H3,(H,77,84)(H,85,86)(H,98,99)/t34?,36?,37-,38-,39?,40?,41-,42?,43?,44+,47+,48?,49+,50+,51?,52+,53?,54?,55?,56?,57?,58+,59+,60+,61?,62?,63?,65+,66+,67+,68+,69-,70-,72?,73-,74?,75-,76-/m1/s1. The number of aliphatic carboxylic acids is 2. The van der Waals surface area contributed by atoms with Gasteiger partial charge >= 0.3 is 11.9 Å². The van der Waals surface area contributed by atoms with Gasteiger partial charge in [0.15, 0.2) is 43.8 Å². The number of hydrogen-bond donors (Lipinski definition) is 19. The summed E-state index contributed by atoms with van der Waals surface area (Å²) in [5.41, 5.74) is -3.58. The Morgan fingerprint density at radius 1 is 0.532 bits per heavy atom. The summed E-state index contributed by atoms with van der Waals surface area (Å²) >= 11 is 0. The number of allylic oxidation sites excluding steroid dienone is 2. The number of amides is 1. The summed E-state index contributed by atoms with van der Waals surface area (Å²) in [5.74, 6) is -4.00. The minimum atomic E-state index is -2.21. The highest BCUT2D eigenvalue weighted by Crippen LogP contribution is 2.76. The van der Waals surface area contributed by atoms with Gasteiger partial charge in [-0.2, -0.15) is 0 Å². The number of carbonyl (C=O) groups excluding carboxylic acids is 2. The van der Waals surface area contributed by atoms with Crippen molar-refractivity contribution in [2.45, 2.75) is 355 Å². The normalized spacial score (nSPS) is 49.2. The monoisotopic (exact) mass is 1590 g/mol. The molecule has 10 fully saturated rings. The lowest BCUT2D eigenvalue weighted by molar-refractivity contribution is -0.391. The van der Waals surface area contributed by atoms with E-state index in [4.69, 9.17) is 61.9 Å². The van der Waals surface area contributed by atoms with Gasteiger partial charge in [-0.05, 0) is 117 Å². The van der Waals surface area contributed by atoms with Crippen LogP contribution in [0.3, 0.4) is 0 Å². The molecule has 5 aliphatic carbocycles. The van der Waals surface area contributed by atoms with Gasteiger partial charge in [0.25, 0.3) is 0 Å². The smallest absolute Gasteiger partial charge is 0.335 e. The molecule has 11 rings (SSSR count). The molecule has 0 bridgehead atoms. The summed E-state index contributed by atoms with van der Waals surface area (Å²) in [6.07, 6.45) is -36.8. The highest BCUT2D eigenvalue weighted by Gasteiger charge is 2.72. The average Bonchev–Trinajstić information content (AvgIpc) is 0.671. The van der Waals surface area contributed by atoms with Gasteiger partial charge < -0.3 is 159 Å². The third kappa shape index (κ3) is 17.3. The van der Waals surface area contributed by atoms with Gasteiger partial charge in [-0.25, -0.2) is 4.79 Å². The number of aliphatic hydroxyl groups excluding tert-OH is 16. The fourth-order valence-corrected chi connectivity index (χ4v) is 20.9. The van der Waals surface area contributed by atoms with Crippen molar-refractivity contribution >= 4 is 24.1 Å². The Morgan fingerprint density at radius 2 is 1.09 bits per heavy atom. The number of ether oxygens (including phenoxy) is 12. The molecular formula is C76H123NO34. The second-order valence-corrected chi connectivity index (χ2v) is 35.2. The van der Waals surface area contributed by atoms with Crippen LogP contribution in [0.4, 0.5) is 0 Å². The van der Waals surface area contributed by atoms with Gasteiger partial charge in [-0.15, -0.1) is 0 Å². The third-order valence-electron chi connectivity index (χ3n) is 27.8. The first-order chi connectivity index (χ1) is 52.3. The fraction of sp³-hybridized carbons (Fsp3) is 0.921. The Kier molecular flexibility index (Phi) is 28.5. The van der Waals surface area contributed by atoms with E-state index in [0.717, 1.165) is 44.0 Å². The summed E-state index contributed by atoms with van der Waals surface area (Å²) in [6, 6.07) is -1.34. The maximum atomic E-state index is 14.3. The third-order valence-corrected chi connectivity index (χ3v) is 27.8. The minimum absolute atomic E-state index is 0.0427. The fourth-order valence-electron chi connectivity index (χ4n) is 20.9. The molecular weight excluding hydrogens is 1470 g/mol. The van der Waals surface area contributed by atoms with E-state index in [-0.39, 0.29) is 49.5 Å². The Balaban J connectivity index is 0.843. The molecule has 0 aromatic rings. The number of rotatable bonds is 29. The molecule has 0 aromatic carbocycles. The van der Waals surface area contributed by atoms with Gasteiger partial charge in [0.05, 0.1) is 62.8 Å². The average molecular weight is 1590 g/mol. The van der Waals surface area contributed by atoms with Crippen LogP contribution in [0.25, 0.3) is 0 Å². The second-order valence-electron chi connectivity index (χ2n) is 35.2. The van der Waals surface area contributed by atoms with Crippen molar-refractivity contribution in [3.63, 3.8) is 0 Å². The van der Waals surface area contributed by atoms with E-state index in [0.29, 0.717) is 64.2 Å². The van der Waals surface area contributed by atoms with E-state index >= 15 is 0 Å². The van der Waals surface area contributed by atoms with Crippen molar-refractivity contribution < 1.29 is 168 Å². The molecule has 0 spiro atoms. The number of aliphatic hydroxyl groups is 16. The predicted octanol–water partition coefficient (Wildman–Crippen LogP) is -2.26. The molecule has 18 unspecified atom stereocenters. The molecule has 111 heavy (non-hydrogen) atoms. The van der Waals surface area contributed by atoms with Crippen LogP contribution in [-0.4, -0.2) is 333 Å². The van der Waals surface area contributed by atoms with Crippen LogP contribution >= 0.6 is 0 Å². The van der Waals surface area contributed by atoms with Gasteiger partial charge in [0, 0.05) is 18.3 Å². The molecule has 6 aliphatic heterocycles. The quantitative estimate of drug-likeness (QED) is 0.0163. The van der Waals surface area contributed by atoms with E-state index in [2.05, 4.69) is 46.0 Å². The Labute approximate surface area is 644 Å². The van der Waals surface area contributed by atoms with Crippen LogP contribution in [0.5, 0.6) is 0 Å². The van der Waals surface area contributed by atoms with Gasteiger partial charge in [-0.3, -0.25) is 9.59 Å². The number of carbonyl (C=O) groups is 4. The maximum Gasteiger partial charge on any atom is 0.335 e. The van der Waals surface area contributed by atoms with Crippen molar-refractivity contribution in [1.82, 2.24) is 5.32 Å². The van der Waals surface area contributed by atoms with Crippen molar-refractivity contribution in [3.8, 4) is 0 Å². The highest BCUT2D eigenvalue weighted by molar-refractivity contribution is 5.76. The molecule has 19 N–H and O–H groups in total. The minimum Gasteiger partial charge on any atom is -0.481 e. The van der Waals surface area contributed by atoms with Crippen molar-refractivity contribution in [2.24, 2.45) is 50.2 Å². The van der Waals surface area contributed by atoms with E-state index in [9.17, 15) is 106 Å². The SMILES string of the molecule is CC1O[C@@H](OC2C(O)[C@@H](NC(=O)CCCCCCCCCCC(=O)O)C(CO)O[C@H]2OC[C@]23CCC(C)(C)CC2C2=CCC4C5(C)CC[C@H](O[C@@H]6OC(C(=O)O)[C@@H](O)[C@H](O[C@@H]7OC[C@@H](O)[C@H](O)C7O)C6O[C@@H]6OC(CO)[C@H](O)[C@H](O)C6O)[C@](C)(C=O)[C@@H]5CCC4(C)[C@]2(C)CC3O)C(O)C(O)[C@H]1O[C@@H]1OC[C@@H](O)C(O)C1O. The van der Waals surface area contributed by atoms with Crippen LogP contribution in [0.15, 0.2) is 11.6 Å². The zero-order valence-electron chi connectivity index (χ0n) is 64.3. The number of nitrogens with one attached hydrogen (secondary N) is 1. The van der Waals surface area contributed by atoms with Crippen molar-refractivity contribution in [1.29, 1.82) is 0 Å². The van der Waals surface area contributed by atoms with Gasteiger partial charge in [0.1, 0.15) is 122 Å². The molecule has 6 saturated heterocycles. The molecule has 11 aliphatic rings. The molecule has 4 saturated carbocycles. The number of carboxylic acid groups (broad SMARTS) is 2. The topological polar surface area (TPSA) is 555 Å². The molecule has 38 atom stereocenters. The first-order valence-electron chi connectivity index (χ1n) is 39.7. The van der Waals surface area contributed by atoms with Crippen LogP contribution in [-0.2, 0) is 76.0 Å². The number of unbranched alkanes of at least 4 members (excludes halogenated alkanes) is 7. The molecule has 636 valence electrons. The van der Waals surface area contributed by atoms with Crippen molar-refractivity contribution in [2.75, 3.05) is 33.0 Å². The van der Waals surface area contributed by atoms with E-state index in [1.54, 1.807) is 6.92 Å². The Bertz CT molecular complexity index is 3160. The molecule has 0 aromatic heterocycles. The van der Waals surface area contributed by atoms with Crippen LogP contribution in [0, 0.1) is 50.2 Å². The van der Waals surface area contributed by atoms with Crippen molar-refractivity contribution in [3.05, 3.63) is 11.6 Å². The van der Waals surface area contributed by atoms with E-state index in [1.807, 2.05) is 0 Å². The zero-order chi connectivity index (χ0) is 80.9. The van der Waals surface area contributed by atoms with Crippen LogP contribution in [0.2, 0.25) is 0 Å². The van der Waals surface area contributed by atoms with Gasteiger partial charge in [-0.1, -0.05) is 91.7 Å². The molecule has 6 heterocycles.